The largest absolute Gasteiger partial charge is 0.508 e. The summed E-state index contributed by atoms with van der Waals surface area (Å²) in [5.41, 5.74) is 2.56. The molecule has 4 aromatic rings. The molecule has 4 aromatic carbocycles. The maximum absolute atomic E-state index is 14.6. The molecule has 2 aliphatic heterocycles. The number of phenols is 1. The number of nitrogens with one attached hydrogen (secondary N) is 1. The number of ether oxygens (including phenoxy) is 1. The molecule has 10 nitrogen and oxygen atoms in total. The van der Waals surface area contributed by atoms with Gasteiger partial charge in [-0.1, -0.05) is 165 Å². The standard InChI is InChI=1S/C55H62N4O6/c1-2-3-4-5-6-7-8-9-10-11-12-13-14-15-16-17-18-19-23-33-52(61)65-42-50-54(63)58-49(38-43-34-36-47(60)37-35-43)53(62)57(40-46-31-26-30-45-29-24-25-32-48(45)46)41-51(58)59(50)55(64)56-39-44-27-21-20-22-28-44/h3-4,6-7,9-10,12-13,15-16,18-22,24-32,34-37,49-51,60H,2,5,8,11,14,17,23,33,38-42H2,1H3,(H,56,64)/b4-3-,7-6-,10-9-,13-12-,16-15-,19-18-/t49-,50-,51-/m0/s1. The topological polar surface area (TPSA) is 119 Å². The Kier molecular flexibility index (Phi) is 18.6. The summed E-state index contributed by atoms with van der Waals surface area (Å²) in [6, 6.07) is 27.3. The van der Waals surface area contributed by atoms with Crippen LogP contribution >= 0.6 is 0 Å². The number of esters is 1. The summed E-state index contributed by atoms with van der Waals surface area (Å²) in [5.74, 6) is -1.12. The Morgan fingerprint density at radius 3 is 1.94 bits per heavy atom. The highest BCUT2D eigenvalue weighted by atomic mass is 16.5. The van der Waals surface area contributed by atoms with Crippen LogP contribution in [0.15, 0.2) is 170 Å². The van der Waals surface area contributed by atoms with E-state index in [0.29, 0.717) is 6.42 Å². The van der Waals surface area contributed by atoms with E-state index in [1.54, 1.807) is 29.2 Å². The second-order valence-electron chi connectivity index (χ2n) is 16.2. The quantitative estimate of drug-likeness (QED) is 0.0600. The Bertz CT molecular complexity index is 2360. The predicted molar refractivity (Wildman–Crippen MR) is 258 cm³/mol. The van der Waals surface area contributed by atoms with Crippen molar-refractivity contribution >= 4 is 34.6 Å². The minimum Gasteiger partial charge on any atom is -0.508 e. The summed E-state index contributed by atoms with van der Waals surface area (Å²) in [4.78, 5) is 61.3. The number of carbonyl (C=O) groups is 4. The van der Waals surface area contributed by atoms with Crippen LogP contribution in [-0.2, 0) is 38.6 Å². The van der Waals surface area contributed by atoms with E-state index in [1.165, 1.54) is 9.80 Å². The number of amides is 4. The number of urea groups is 1. The molecule has 0 saturated carbocycles. The molecule has 65 heavy (non-hydrogen) atoms. The van der Waals surface area contributed by atoms with Crippen LogP contribution in [-0.4, -0.2) is 75.0 Å². The molecule has 4 amide bonds. The second kappa shape index (κ2) is 25.4. The minimum absolute atomic E-state index is 0.0613. The van der Waals surface area contributed by atoms with Crippen molar-refractivity contribution in [2.24, 2.45) is 0 Å². The van der Waals surface area contributed by atoms with Gasteiger partial charge in [-0.05, 0) is 84.5 Å². The fraction of sp³-hybridized carbons (Fsp3) is 0.309. The molecule has 0 bridgehead atoms. The molecule has 0 unspecified atom stereocenters. The summed E-state index contributed by atoms with van der Waals surface area (Å²) < 4.78 is 5.75. The van der Waals surface area contributed by atoms with Crippen LogP contribution in [0, 0.1) is 0 Å². The number of rotatable bonds is 22. The number of carbonyl (C=O) groups excluding carboxylic acids is 4. The zero-order chi connectivity index (χ0) is 45.6. The molecule has 2 aliphatic rings. The van der Waals surface area contributed by atoms with E-state index >= 15 is 0 Å². The van der Waals surface area contributed by atoms with E-state index in [4.69, 9.17) is 4.74 Å². The Balaban J connectivity index is 1.08. The van der Waals surface area contributed by atoms with Gasteiger partial charge in [0.05, 0.1) is 6.54 Å². The monoisotopic (exact) mass is 874 g/mol. The minimum atomic E-state index is -1.15. The third-order valence-corrected chi connectivity index (χ3v) is 11.5. The average molecular weight is 875 g/mol. The molecule has 6 rings (SSSR count). The summed E-state index contributed by atoms with van der Waals surface area (Å²) in [6.45, 7) is 2.33. The van der Waals surface area contributed by atoms with Crippen LogP contribution in [0.5, 0.6) is 5.75 Å². The number of fused-ring (bicyclic) bond motifs is 2. The summed E-state index contributed by atoms with van der Waals surface area (Å²) in [5, 5.41) is 15.0. The van der Waals surface area contributed by atoms with Gasteiger partial charge in [0, 0.05) is 25.9 Å². The molecule has 10 heteroatoms. The van der Waals surface area contributed by atoms with Crippen LogP contribution in [0.4, 0.5) is 4.79 Å². The predicted octanol–water partition coefficient (Wildman–Crippen LogP) is 10.3. The lowest BCUT2D eigenvalue weighted by atomic mass is 9.98. The van der Waals surface area contributed by atoms with E-state index in [2.05, 4.69) is 73.0 Å². The molecule has 0 radical (unpaired) electrons. The van der Waals surface area contributed by atoms with Crippen molar-refractivity contribution in [3.05, 3.63) is 187 Å². The third-order valence-electron chi connectivity index (χ3n) is 11.5. The zero-order valence-corrected chi connectivity index (χ0v) is 37.4. The number of piperazine rings is 1. The van der Waals surface area contributed by atoms with Crippen molar-refractivity contribution in [1.29, 1.82) is 0 Å². The molecule has 2 N–H and O–H groups in total. The number of hydrogen-bond donors (Lipinski definition) is 2. The number of phenolic OH excluding ortho intramolecular Hbond substituents is 1. The summed E-state index contributed by atoms with van der Waals surface area (Å²) in [7, 11) is 0. The average Bonchev–Trinajstić information content (AvgIpc) is 3.60. The van der Waals surface area contributed by atoms with Gasteiger partial charge in [0.25, 0.3) is 5.91 Å². The summed E-state index contributed by atoms with van der Waals surface area (Å²) in [6.07, 6.45) is 31.0. The van der Waals surface area contributed by atoms with Crippen molar-refractivity contribution in [2.75, 3.05) is 13.2 Å². The second-order valence-corrected chi connectivity index (χ2v) is 16.2. The molecule has 0 aliphatic carbocycles. The lowest BCUT2D eigenvalue weighted by molar-refractivity contribution is -0.154. The smallest absolute Gasteiger partial charge is 0.320 e. The van der Waals surface area contributed by atoms with Crippen LogP contribution in [0.1, 0.15) is 75.0 Å². The van der Waals surface area contributed by atoms with E-state index in [-0.39, 0.29) is 50.7 Å². The highest BCUT2D eigenvalue weighted by molar-refractivity contribution is 5.97. The first kappa shape index (κ1) is 47.5. The molecule has 338 valence electrons. The van der Waals surface area contributed by atoms with Crippen molar-refractivity contribution in [3.8, 4) is 5.75 Å². The Morgan fingerprint density at radius 2 is 1.28 bits per heavy atom. The molecular formula is C55H62N4O6. The Morgan fingerprint density at radius 1 is 0.677 bits per heavy atom. The zero-order valence-electron chi connectivity index (χ0n) is 37.4. The first-order valence-corrected chi connectivity index (χ1v) is 22.8. The highest BCUT2D eigenvalue weighted by Crippen LogP contribution is 2.34. The van der Waals surface area contributed by atoms with Crippen molar-refractivity contribution in [3.63, 3.8) is 0 Å². The van der Waals surface area contributed by atoms with Gasteiger partial charge < -0.3 is 25.0 Å². The molecule has 2 heterocycles. The Labute approximate surface area is 384 Å². The van der Waals surface area contributed by atoms with Gasteiger partial charge in [-0.3, -0.25) is 19.3 Å². The fourth-order valence-electron chi connectivity index (χ4n) is 8.13. The molecular weight excluding hydrogens is 813 g/mol. The van der Waals surface area contributed by atoms with E-state index in [1.807, 2.05) is 84.9 Å². The first-order chi connectivity index (χ1) is 31.8. The van der Waals surface area contributed by atoms with Crippen LogP contribution in [0.25, 0.3) is 10.8 Å². The van der Waals surface area contributed by atoms with Crippen LogP contribution in [0.3, 0.4) is 0 Å². The maximum atomic E-state index is 14.6. The SMILES string of the molecule is CC/C=C\C/C=C\C/C=C\C/C=C\C/C=C\C/C=C\CCC(=O)OC[C@H]1C(=O)N2[C@H](CN(Cc3cccc4ccccc34)C(=O)[C@@H]2Cc2ccc(O)cc2)N1C(=O)NCc1ccccc1. The van der Waals surface area contributed by atoms with E-state index in [0.717, 1.165) is 66.0 Å². The maximum Gasteiger partial charge on any atom is 0.320 e. The normalized spacial score (nSPS) is 17.9. The molecule has 0 aromatic heterocycles. The number of nitrogens with zero attached hydrogens (tertiary/aromatic N) is 3. The van der Waals surface area contributed by atoms with Gasteiger partial charge in [0.1, 0.15) is 30.6 Å². The van der Waals surface area contributed by atoms with Crippen LogP contribution in [0.2, 0.25) is 0 Å². The van der Waals surface area contributed by atoms with E-state index in [9.17, 15) is 24.3 Å². The molecule has 3 atom stereocenters. The van der Waals surface area contributed by atoms with Crippen LogP contribution < -0.4 is 5.32 Å². The highest BCUT2D eigenvalue weighted by Gasteiger charge is 2.56. The lowest BCUT2D eigenvalue weighted by Gasteiger charge is -2.44. The number of benzene rings is 4. The van der Waals surface area contributed by atoms with Gasteiger partial charge in [-0.2, -0.15) is 0 Å². The van der Waals surface area contributed by atoms with Gasteiger partial charge >= 0.3 is 12.0 Å². The van der Waals surface area contributed by atoms with Gasteiger partial charge in [-0.25, -0.2) is 4.79 Å². The van der Waals surface area contributed by atoms with Gasteiger partial charge in [0.2, 0.25) is 5.91 Å². The number of allylic oxidation sites excluding steroid dienone is 12. The van der Waals surface area contributed by atoms with E-state index < -0.39 is 36.2 Å². The van der Waals surface area contributed by atoms with Crippen molar-refractivity contribution in [1.82, 2.24) is 20.0 Å². The van der Waals surface area contributed by atoms with Crippen molar-refractivity contribution < 1.29 is 29.0 Å². The molecule has 0 spiro atoms. The van der Waals surface area contributed by atoms with Gasteiger partial charge in [0.15, 0.2) is 0 Å². The Hall–Kier alpha value is -6.94. The molecule has 2 saturated heterocycles. The fourth-order valence-corrected chi connectivity index (χ4v) is 8.13. The van der Waals surface area contributed by atoms with Crippen molar-refractivity contribution in [2.45, 2.75) is 96.1 Å². The summed E-state index contributed by atoms with van der Waals surface area (Å²) >= 11 is 0. The molecule has 2 fully saturated rings. The lowest BCUT2D eigenvalue weighted by Crippen LogP contribution is -2.64. The van der Waals surface area contributed by atoms with Gasteiger partial charge in [-0.15, -0.1) is 0 Å². The first-order valence-electron chi connectivity index (χ1n) is 22.8. The third kappa shape index (κ3) is 14.0. The number of aromatic hydroxyl groups is 1. The number of hydrogen-bond acceptors (Lipinski definition) is 6.